The van der Waals surface area contributed by atoms with Gasteiger partial charge in [0.1, 0.15) is 0 Å². The third kappa shape index (κ3) is 9.74. The molecule has 11 aromatic rings. The monoisotopic (exact) mass is 967 g/mol. The number of hydrogen-bond acceptors (Lipinski definition) is 2. The van der Waals surface area contributed by atoms with Gasteiger partial charge in [0.25, 0.3) is 0 Å². The summed E-state index contributed by atoms with van der Waals surface area (Å²) in [4.78, 5) is 4.75. The Labute approximate surface area is 439 Å². The molecule has 0 N–H and O–H groups in total. The van der Waals surface area contributed by atoms with Crippen LogP contribution in [0.25, 0.3) is 65.9 Å². The maximum Gasteiger partial charge on any atom is 0.0585 e. The molecule has 2 heterocycles. The van der Waals surface area contributed by atoms with E-state index in [0.29, 0.717) is 0 Å². The lowest BCUT2D eigenvalue weighted by atomic mass is 9.89. The number of hydrogen-bond donors (Lipinski definition) is 0. The van der Waals surface area contributed by atoms with Crippen LogP contribution in [0.1, 0.15) is 90.9 Å². The molecule has 74 heavy (non-hydrogen) atoms. The van der Waals surface area contributed by atoms with Crippen molar-refractivity contribution >= 4 is 77.7 Å². The average molecular weight is 967 g/mol. The third-order valence-electron chi connectivity index (χ3n) is 15.3. The number of anilines is 6. The van der Waals surface area contributed by atoms with Gasteiger partial charge in [0.2, 0.25) is 0 Å². The standard InChI is InChI=1S/C70H70N4/c1-3-5-7-9-11-29-51-71-63-41-27-25-39-61(63)67-66(54-45-49-60(50-46-54)74(57-35-21-15-22-36-57)58-37-23-16-24-38-58)70-68(62-40-26-28-42-64(62)72(70)52-30-12-10-8-6-4-2)65(69(67)71)53-43-47-59(48-44-53)73(55-31-17-13-18-32-55)56-33-19-14-20-34-56/h13-28,31-50H,3-12,29-30,51-52H2,1-2H3. The molecule has 0 aliphatic carbocycles. The minimum absolute atomic E-state index is 0.959. The van der Waals surface area contributed by atoms with Crippen molar-refractivity contribution in [2.75, 3.05) is 9.80 Å². The Morgan fingerprint density at radius 2 is 0.568 bits per heavy atom. The Bertz CT molecular complexity index is 3240. The molecule has 9 aromatic carbocycles. The van der Waals surface area contributed by atoms with Crippen molar-refractivity contribution in [3.63, 3.8) is 0 Å². The first kappa shape index (κ1) is 48.4. The summed E-state index contributed by atoms with van der Waals surface area (Å²) in [5, 5.41) is 5.32. The molecular formula is C70H70N4. The van der Waals surface area contributed by atoms with Crippen molar-refractivity contribution in [3.05, 3.63) is 218 Å². The Balaban J connectivity index is 1.18. The quantitative estimate of drug-likeness (QED) is 0.0629. The van der Waals surface area contributed by atoms with Crippen LogP contribution in [0.15, 0.2) is 218 Å². The minimum Gasteiger partial charge on any atom is -0.340 e. The lowest BCUT2D eigenvalue weighted by molar-refractivity contribution is 0.571. The molecule has 0 fully saturated rings. The topological polar surface area (TPSA) is 16.3 Å². The van der Waals surface area contributed by atoms with Gasteiger partial charge in [0.05, 0.1) is 11.0 Å². The number of rotatable bonds is 22. The van der Waals surface area contributed by atoms with E-state index < -0.39 is 0 Å². The van der Waals surface area contributed by atoms with Crippen molar-refractivity contribution < 1.29 is 0 Å². The molecule has 4 nitrogen and oxygen atoms in total. The first-order valence-electron chi connectivity index (χ1n) is 27.7. The van der Waals surface area contributed by atoms with E-state index in [1.54, 1.807) is 0 Å². The van der Waals surface area contributed by atoms with Gasteiger partial charge in [-0.05, 0) is 109 Å². The summed E-state index contributed by atoms with van der Waals surface area (Å²) < 4.78 is 5.44. The fourth-order valence-electron chi connectivity index (χ4n) is 11.8. The number of fused-ring (bicyclic) bond motifs is 6. The fourth-order valence-corrected chi connectivity index (χ4v) is 11.8. The van der Waals surface area contributed by atoms with E-state index in [0.717, 1.165) is 60.1 Å². The van der Waals surface area contributed by atoms with Crippen LogP contribution in [0.5, 0.6) is 0 Å². The van der Waals surface area contributed by atoms with Crippen LogP contribution >= 0.6 is 0 Å². The number of aromatic nitrogens is 2. The van der Waals surface area contributed by atoms with Gasteiger partial charge < -0.3 is 18.9 Å². The van der Waals surface area contributed by atoms with E-state index in [9.17, 15) is 0 Å². The Hall–Kier alpha value is -7.82. The van der Waals surface area contributed by atoms with Gasteiger partial charge in [-0.15, -0.1) is 0 Å². The van der Waals surface area contributed by atoms with E-state index in [-0.39, 0.29) is 0 Å². The first-order valence-corrected chi connectivity index (χ1v) is 27.7. The predicted octanol–water partition coefficient (Wildman–Crippen LogP) is 20.9. The number of aryl methyl sites for hydroxylation is 2. The zero-order chi connectivity index (χ0) is 50.1. The molecule has 2 aromatic heterocycles. The molecule has 0 bridgehead atoms. The molecule has 370 valence electrons. The Kier molecular flexibility index (Phi) is 15.0. The maximum absolute atomic E-state index is 2.72. The van der Waals surface area contributed by atoms with Gasteiger partial charge in [-0.25, -0.2) is 0 Å². The summed E-state index contributed by atoms with van der Waals surface area (Å²) in [6.07, 6.45) is 15.0. The lowest BCUT2D eigenvalue weighted by Gasteiger charge is -2.26. The summed E-state index contributed by atoms with van der Waals surface area (Å²) >= 11 is 0. The molecule has 0 aliphatic heterocycles. The molecule has 0 saturated heterocycles. The van der Waals surface area contributed by atoms with Crippen molar-refractivity contribution in [2.24, 2.45) is 0 Å². The lowest BCUT2D eigenvalue weighted by Crippen LogP contribution is -2.09. The minimum atomic E-state index is 0.959. The molecule has 0 aliphatic rings. The maximum atomic E-state index is 2.72. The zero-order valence-electron chi connectivity index (χ0n) is 43.5. The number of unbranched alkanes of at least 4 members (excludes halogenated alkanes) is 10. The molecule has 0 unspecified atom stereocenters. The highest BCUT2D eigenvalue weighted by molar-refractivity contribution is 6.32. The summed E-state index contributed by atoms with van der Waals surface area (Å²) in [6.45, 7) is 6.54. The van der Waals surface area contributed by atoms with Crippen LogP contribution in [0.2, 0.25) is 0 Å². The third-order valence-corrected chi connectivity index (χ3v) is 15.3. The summed E-state index contributed by atoms with van der Waals surface area (Å²) in [5.74, 6) is 0. The van der Waals surface area contributed by atoms with Crippen LogP contribution < -0.4 is 9.80 Å². The molecular weight excluding hydrogens is 897 g/mol. The van der Waals surface area contributed by atoms with Crippen LogP contribution in [-0.2, 0) is 13.1 Å². The van der Waals surface area contributed by atoms with E-state index in [1.165, 1.54) is 130 Å². The van der Waals surface area contributed by atoms with Crippen LogP contribution in [0.4, 0.5) is 34.1 Å². The molecule has 0 radical (unpaired) electrons. The number of para-hydroxylation sites is 6. The summed E-state index contributed by atoms with van der Waals surface area (Å²) in [7, 11) is 0. The van der Waals surface area contributed by atoms with E-state index >= 15 is 0 Å². The normalized spacial score (nSPS) is 11.6. The highest BCUT2D eigenvalue weighted by Crippen LogP contribution is 2.52. The second kappa shape index (κ2) is 22.9. The second-order valence-corrected chi connectivity index (χ2v) is 20.2. The van der Waals surface area contributed by atoms with Gasteiger partial charge in [-0.2, -0.15) is 0 Å². The highest BCUT2D eigenvalue weighted by atomic mass is 15.1. The molecule has 4 heteroatoms. The van der Waals surface area contributed by atoms with E-state index in [2.05, 4.69) is 251 Å². The molecule has 0 spiro atoms. The Morgan fingerprint density at radius 3 is 0.905 bits per heavy atom. The first-order chi connectivity index (χ1) is 36.7. The fraction of sp³-hybridized carbons (Fsp3) is 0.229. The van der Waals surface area contributed by atoms with Gasteiger partial charge in [-0.1, -0.05) is 212 Å². The van der Waals surface area contributed by atoms with Crippen molar-refractivity contribution in [2.45, 2.75) is 104 Å². The van der Waals surface area contributed by atoms with Gasteiger partial charge in [0.15, 0.2) is 0 Å². The average Bonchev–Trinajstić information content (AvgIpc) is 3.96. The highest BCUT2D eigenvalue weighted by Gasteiger charge is 2.28. The molecule has 0 saturated carbocycles. The zero-order valence-corrected chi connectivity index (χ0v) is 43.5. The van der Waals surface area contributed by atoms with Gasteiger partial charge in [0, 0.05) is 90.9 Å². The van der Waals surface area contributed by atoms with Crippen LogP contribution in [0.3, 0.4) is 0 Å². The van der Waals surface area contributed by atoms with E-state index in [1.807, 2.05) is 0 Å². The largest absolute Gasteiger partial charge is 0.340 e. The van der Waals surface area contributed by atoms with Gasteiger partial charge >= 0.3 is 0 Å². The predicted molar refractivity (Wildman–Crippen MR) is 319 cm³/mol. The molecule has 11 rings (SSSR count). The Morgan fingerprint density at radius 1 is 0.284 bits per heavy atom. The van der Waals surface area contributed by atoms with Crippen molar-refractivity contribution in [1.82, 2.24) is 9.13 Å². The number of benzene rings is 9. The molecule has 0 amide bonds. The van der Waals surface area contributed by atoms with Crippen molar-refractivity contribution in [1.29, 1.82) is 0 Å². The SMILES string of the molecule is CCCCCCCCn1c2ccccc2c2c(-c3ccc(N(c4ccccc4)c4ccccc4)cc3)c3c(c(-c4ccc(N(c5ccccc5)c5ccccc5)cc4)c21)c1ccccc1n3CCCCCCCC. The summed E-state index contributed by atoms with van der Waals surface area (Å²) in [5.41, 5.74) is 17.2. The van der Waals surface area contributed by atoms with E-state index in [4.69, 9.17) is 0 Å². The number of nitrogens with zero attached hydrogens (tertiary/aromatic N) is 4. The smallest absolute Gasteiger partial charge is 0.0585 e. The van der Waals surface area contributed by atoms with Crippen LogP contribution in [0, 0.1) is 0 Å². The second-order valence-electron chi connectivity index (χ2n) is 20.2. The van der Waals surface area contributed by atoms with Crippen LogP contribution in [-0.4, -0.2) is 9.13 Å². The molecule has 0 atom stereocenters. The summed E-state index contributed by atoms with van der Waals surface area (Å²) in [6, 6.07) is 80.7. The van der Waals surface area contributed by atoms with Crippen molar-refractivity contribution in [3.8, 4) is 22.3 Å². The van der Waals surface area contributed by atoms with Gasteiger partial charge in [-0.3, -0.25) is 0 Å².